The summed E-state index contributed by atoms with van der Waals surface area (Å²) in [5.74, 6) is 0. The Morgan fingerprint density at radius 3 is 2.47 bits per heavy atom. The molecule has 0 aromatic heterocycles. The van der Waals surface area contributed by atoms with Crippen LogP contribution in [0, 0.1) is 3.57 Å². The Morgan fingerprint density at radius 2 is 1.65 bits per heavy atom. The van der Waals surface area contributed by atoms with Crippen molar-refractivity contribution in [3.63, 3.8) is 0 Å². The lowest BCUT2D eigenvalue weighted by molar-refractivity contribution is 1.05. The van der Waals surface area contributed by atoms with Crippen LogP contribution in [0.3, 0.4) is 0 Å². The van der Waals surface area contributed by atoms with Gasteiger partial charge in [-0.25, -0.2) is 0 Å². The maximum Gasteiger partial charge on any atom is 0.0142 e. The zero-order valence-corrected chi connectivity index (χ0v) is 11.5. The highest BCUT2D eigenvalue weighted by atomic mass is 127. The van der Waals surface area contributed by atoms with Gasteiger partial charge in [-0.3, -0.25) is 0 Å². The molecule has 1 heteroatoms. The minimum Gasteiger partial charge on any atom is -0.0757 e. The third-order valence-corrected chi connectivity index (χ3v) is 4.30. The van der Waals surface area contributed by atoms with Crippen molar-refractivity contribution in [1.29, 1.82) is 0 Å². The molecule has 0 atom stereocenters. The highest BCUT2D eigenvalue weighted by molar-refractivity contribution is 14.1. The van der Waals surface area contributed by atoms with Crippen LogP contribution in [0.4, 0.5) is 0 Å². The molecule has 4 rings (SSSR count). The van der Waals surface area contributed by atoms with Gasteiger partial charge in [0.1, 0.15) is 0 Å². The van der Waals surface area contributed by atoms with Gasteiger partial charge < -0.3 is 0 Å². The van der Waals surface area contributed by atoms with Crippen molar-refractivity contribution in [1.82, 2.24) is 0 Å². The number of benzene rings is 2. The Bertz CT molecular complexity index is 705. The highest BCUT2D eigenvalue weighted by Gasteiger charge is 2.24. The first kappa shape index (κ1) is 9.89. The van der Waals surface area contributed by atoms with Gasteiger partial charge in [-0.15, -0.1) is 0 Å². The molecule has 2 aromatic carbocycles. The van der Waals surface area contributed by atoms with Gasteiger partial charge in [0, 0.05) is 3.57 Å². The standard InChI is InChI=1S/C16H11I/c17-11-8-10-4-3-7-14-12-5-1-2-6-13(12)15(9-11)16(10)14/h3-9H,1-2H2. The van der Waals surface area contributed by atoms with E-state index in [0.29, 0.717) is 0 Å². The topological polar surface area (TPSA) is 0 Å². The summed E-state index contributed by atoms with van der Waals surface area (Å²) in [6.45, 7) is 0. The molecule has 17 heavy (non-hydrogen) atoms. The molecular weight excluding hydrogens is 319 g/mol. The lowest BCUT2D eigenvalue weighted by Gasteiger charge is -2.09. The predicted octanol–water partition coefficient (Wildman–Crippen LogP) is 5.02. The number of halogens is 1. The normalized spacial score (nSPS) is 16.8. The lowest BCUT2D eigenvalue weighted by atomic mass is 9.96. The van der Waals surface area contributed by atoms with Crippen molar-refractivity contribution in [3.05, 3.63) is 57.2 Å². The third kappa shape index (κ3) is 1.29. The zero-order valence-electron chi connectivity index (χ0n) is 9.33. The van der Waals surface area contributed by atoms with Crippen molar-refractivity contribution < 1.29 is 0 Å². The van der Waals surface area contributed by atoms with Crippen molar-refractivity contribution in [3.8, 4) is 0 Å². The van der Waals surface area contributed by atoms with Gasteiger partial charge in [-0.05, 0) is 80.6 Å². The van der Waals surface area contributed by atoms with Crippen molar-refractivity contribution in [2.24, 2.45) is 0 Å². The Labute approximate surface area is 114 Å². The zero-order chi connectivity index (χ0) is 11.4. The van der Waals surface area contributed by atoms with Gasteiger partial charge in [0.05, 0.1) is 0 Å². The van der Waals surface area contributed by atoms with E-state index < -0.39 is 0 Å². The summed E-state index contributed by atoms with van der Waals surface area (Å²) in [5, 5.41) is 2.83. The minimum absolute atomic E-state index is 1.18. The maximum absolute atomic E-state index is 2.42. The van der Waals surface area contributed by atoms with E-state index >= 15 is 0 Å². The molecule has 0 spiro atoms. The van der Waals surface area contributed by atoms with Crippen LogP contribution in [-0.4, -0.2) is 0 Å². The van der Waals surface area contributed by atoms with Crippen LogP contribution in [0.15, 0.2) is 42.5 Å². The fourth-order valence-corrected chi connectivity index (χ4v) is 3.66. The summed E-state index contributed by atoms with van der Waals surface area (Å²) in [5.41, 5.74) is 5.79. The first-order chi connectivity index (χ1) is 8.34. The predicted molar refractivity (Wildman–Crippen MR) is 81.9 cm³/mol. The second-order valence-electron chi connectivity index (χ2n) is 4.67. The summed E-state index contributed by atoms with van der Waals surface area (Å²) < 4.78 is 1.33. The van der Waals surface area contributed by atoms with E-state index in [9.17, 15) is 0 Å². The molecule has 0 heterocycles. The smallest absolute Gasteiger partial charge is 0.0142 e. The molecule has 0 nitrogen and oxygen atoms in total. The number of hydrogen-bond acceptors (Lipinski definition) is 0. The Balaban J connectivity index is 2.23. The van der Waals surface area contributed by atoms with Crippen LogP contribution >= 0.6 is 22.6 Å². The van der Waals surface area contributed by atoms with Gasteiger partial charge in [0.15, 0.2) is 0 Å². The van der Waals surface area contributed by atoms with Crippen LogP contribution in [-0.2, 0) is 0 Å². The number of hydrogen-bond donors (Lipinski definition) is 0. The Hall–Kier alpha value is -1.09. The monoisotopic (exact) mass is 330 g/mol. The fraction of sp³-hybridized carbons (Fsp3) is 0.125. The van der Waals surface area contributed by atoms with Crippen LogP contribution in [0.25, 0.3) is 21.9 Å². The summed E-state index contributed by atoms with van der Waals surface area (Å²) in [6, 6.07) is 11.3. The van der Waals surface area contributed by atoms with E-state index in [-0.39, 0.29) is 0 Å². The molecule has 2 aliphatic rings. The van der Waals surface area contributed by atoms with Gasteiger partial charge in [0.2, 0.25) is 0 Å². The summed E-state index contributed by atoms with van der Waals surface area (Å²) >= 11 is 2.42. The molecule has 0 aliphatic heterocycles. The molecule has 0 amide bonds. The van der Waals surface area contributed by atoms with E-state index in [0.717, 1.165) is 0 Å². The number of allylic oxidation sites excluding steroid dienone is 4. The average Bonchev–Trinajstić information content (AvgIpc) is 2.67. The van der Waals surface area contributed by atoms with Crippen LogP contribution in [0.2, 0.25) is 0 Å². The second-order valence-corrected chi connectivity index (χ2v) is 5.92. The molecule has 2 aromatic rings. The fourth-order valence-electron chi connectivity index (χ4n) is 3.01. The van der Waals surface area contributed by atoms with E-state index in [1.165, 1.54) is 49.5 Å². The van der Waals surface area contributed by atoms with E-state index in [2.05, 4.69) is 65.1 Å². The molecule has 0 saturated carbocycles. The Kier molecular flexibility index (Phi) is 2.01. The van der Waals surface area contributed by atoms with Gasteiger partial charge in [0.25, 0.3) is 0 Å². The summed E-state index contributed by atoms with van der Waals surface area (Å²) in [6.07, 6.45) is 7.16. The van der Waals surface area contributed by atoms with Crippen LogP contribution < -0.4 is 0 Å². The van der Waals surface area contributed by atoms with Crippen LogP contribution in [0.5, 0.6) is 0 Å². The van der Waals surface area contributed by atoms with E-state index in [4.69, 9.17) is 0 Å². The van der Waals surface area contributed by atoms with E-state index in [1.54, 1.807) is 0 Å². The second kappa shape index (κ2) is 3.45. The maximum atomic E-state index is 2.42. The molecule has 0 radical (unpaired) electrons. The molecule has 0 N–H and O–H groups in total. The summed E-state index contributed by atoms with van der Waals surface area (Å²) in [4.78, 5) is 0. The van der Waals surface area contributed by atoms with Gasteiger partial charge in [-0.2, -0.15) is 0 Å². The molecule has 2 aliphatic carbocycles. The van der Waals surface area contributed by atoms with Crippen molar-refractivity contribution in [2.75, 3.05) is 0 Å². The third-order valence-electron chi connectivity index (χ3n) is 3.68. The molecule has 0 bridgehead atoms. The quantitative estimate of drug-likeness (QED) is 0.595. The number of rotatable bonds is 0. The molecule has 0 unspecified atom stereocenters. The molecule has 0 fully saturated rings. The summed E-state index contributed by atoms with van der Waals surface area (Å²) in [7, 11) is 0. The highest BCUT2D eigenvalue weighted by Crippen LogP contribution is 2.47. The van der Waals surface area contributed by atoms with Gasteiger partial charge >= 0.3 is 0 Å². The lowest BCUT2D eigenvalue weighted by Crippen LogP contribution is -1.86. The van der Waals surface area contributed by atoms with Crippen molar-refractivity contribution >= 4 is 44.5 Å². The SMILES string of the molecule is Ic1cc2c3c(cccc3c1)C1=CCCC=C12. The van der Waals surface area contributed by atoms with Crippen LogP contribution in [0.1, 0.15) is 24.0 Å². The first-order valence-electron chi connectivity index (χ1n) is 5.98. The number of fused-ring (bicyclic) bond motifs is 3. The molecule has 0 saturated heterocycles. The largest absolute Gasteiger partial charge is 0.0757 e. The minimum atomic E-state index is 1.18. The Morgan fingerprint density at radius 1 is 0.882 bits per heavy atom. The van der Waals surface area contributed by atoms with Gasteiger partial charge in [-0.1, -0.05) is 30.4 Å². The average molecular weight is 330 g/mol. The molecule has 82 valence electrons. The molecular formula is C16H11I. The van der Waals surface area contributed by atoms with Crippen molar-refractivity contribution in [2.45, 2.75) is 12.8 Å². The van der Waals surface area contributed by atoms with E-state index in [1.807, 2.05) is 0 Å². The first-order valence-corrected chi connectivity index (χ1v) is 7.06.